The Morgan fingerprint density at radius 2 is 1.64 bits per heavy atom. The highest BCUT2D eigenvalue weighted by molar-refractivity contribution is 7.99. The largest absolute Gasteiger partial charge is 0.508 e. The molecule has 1 saturated heterocycles. The van der Waals surface area contributed by atoms with Gasteiger partial charge in [-0.1, -0.05) is 0 Å². The van der Waals surface area contributed by atoms with Gasteiger partial charge >= 0.3 is 0 Å². The third-order valence-corrected chi connectivity index (χ3v) is 6.25. The molecule has 2 aromatic carbocycles. The van der Waals surface area contributed by atoms with Gasteiger partial charge in [0.25, 0.3) is 0 Å². The van der Waals surface area contributed by atoms with Crippen molar-refractivity contribution in [3.63, 3.8) is 0 Å². The van der Waals surface area contributed by atoms with Gasteiger partial charge in [-0.2, -0.15) is 0 Å². The van der Waals surface area contributed by atoms with Crippen molar-refractivity contribution in [1.29, 1.82) is 0 Å². The highest BCUT2D eigenvalue weighted by atomic mass is 32.2. The second-order valence-electron chi connectivity index (χ2n) is 6.99. The van der Waals surface area contributed by atoms with Gasteiger partial charge < -0.3 is 9.84 Å². The van der Waals surface area contributed by atoms with Crippen LogP contribution in [0.2, 0.25) is 0 Å². The number of likely N-dealkylation sites (tertiary alicyclic amines) is 1. The Labute approximate surface area is 151 Å². The van der Waals surface area contributed by atoms with E-state index >= 15 is 0 Å². The van der Waals surface area contributed by atoms with E-state index in [2.05, 4.69) is 4.90 Å². The molecule has 0 spiro atoms. The normalized spacial score (nSPS) is 25.9. The smallest absolute Gasteiger partial charge is 0.123 e. The fraction of sp³-hybridized carbons (Fsp3) is 0.400. The van der Waals surface area contributed by atoms with Crippen LogP contribution in [-0.2, 0) is 0 Å². The van der Waals surface area contributed by atoms with Crippen LogP contribution >= 0.6 is 11.8 Å². The lowest BCUT2D eigenvalue weighted by Crippen LogP contribution is -2.24. The SMILES string of the molecule is Oc1ccc(SCN2C[C@H]3C[C@H](Oc4ccc(F)cc4)C[C@H]3C2)cc1. The van der Waals surface area contributed by atoms with E-state index in [4.69, 9.17) is 4.74 Å². The maximum atomic E-state index is 13.0. The molecular weight excluding hydrogens is 337 g/mol. The molecule has 2 aliphatic rings. The first-order valence-electron chi connectivity index (χ1n) is 8.72. The van der Waals surface area contributed by atoms with E-state index in [1.54, 1.807) is 24.3 Å². The zero-order valence-electron chi connectivity index (χ0n) is 14.0. The topological polar surface area (TPSA) is 32.7 Å². The fourth-order valence-corrected chi connectivity index (χ4v) is 4.83. The molecule has 1 N–H and O–H groups in total. The number of aromatic hydroxyl groups is 1. The standard InChI is InChI=1S/C20H22FNO2S/c21-16-1-5-18(6-2-16)24-19-9-14-11-22(12-15(14)10-19)13-25-20-7-3-17(23)4-8-20/h1-8,14-15,19,23H,9-13H2/t14-,15+,19+. The van der Waals surface area contributed by atoms with Crippen LogP contribution in [0.4, 0.5) is 4.39 Å². The van der Waals surface area contributed by atoms with E-state index in [1.165, 1.54) is 17.0 Å². The Hall–Kier alpha value is -1.72. The molecule has 2 aromatic rings. The molecule has 0 amide bonds. The summed E-state index contributed by atoms with van der Waals surface area (Å²) >= 11 is 1.82. The average Bonchev–Trinajstić information content (AvgIpc) is 3.14. The second-order valence-corrected chi connectivity index (χ2v) is 8.01. The summed E-state index contributed by atoms with van der Waals surface area (Å²) in [7, 11) is 0. The number of phenols is 1. The molecule has 3 atom stereocenters. The Balaban J connectivity index is 1.24. The molecule has 5 heteroatoms. The van der Waals surface area contributed by atoms with E-state index in [0.29, 0.717) is 17.6 Å². The van der Waals surface area contributed by atoms with Gasteiger partial charge in [-0.05, 0) is 73.2 Å². The van der Waals surface area contributed by atoms with Crippen molar-refractivity contribution in [2.24, 2.45) is 11.8 Å². The summed E-state index contributed by atoms with van der Waals surface area (Å²) in [6, 6.07) is 13.7. The predicted octanol–water partition coefficient (Wildman–Crippen LogP) is 4.37. The maximum Gasteiger partial charge on any atom is 0.123 e. The number of benzene rings is 2. The van der Waals surface area contributed by atoms with E-state index in [1.807, 2.05) is 23.9 Å². The number of nitrogens with zero attached hydrogens (tertiary/aromatic N) is 1. The van der Waals surface area contributed by atoms with Crippen molar-refractivity contribution in [1.82, 2.24) is 4.90 Å². The molecule has 1 saturated carbocycles. The molecule has 2 fully saturated rings. The van der Waals surface area contributed by atoms with E-state index in [0.717, 1.165) is 37.6 Å². The quantitative estimate of drug-likeness (QED) is 0.804. The Morgan fingerprint density at radius 1 is 1.00 bits per heavy atom. The van der Waals surface area contributed by atoms with Gasteiger partial charge in [0.15, 0.2) is 0 Å². The van der Waals surface area contributed by atoms with E-state index in [9.17, 15) is 9.50 Å². The predicted molar refractivity (Wildman–Crippen MR) is 97.4 cm³/mol. The first-order chi connectivity index (χ1) is 12.2. The van der Waals surface area contributed by atoms with Gasteiger partial charge in [0.2, 0.25) is 0 Å². The molecule has 3 nitrogen and oxygen atoms in total. The Bertz CT molecular complexity index is 693. The van der Waals surface area contributed by atoms with Gasteiger partial charge in [0.1, 0.15) is 17.3 Å². The highest BCUT2D eigenvalue weighted by Crippen LogP contribution is 2.40. The molecular formula is C20H22FNO2S. The van der Waals surface area contributed by atoms with Crippen LogP contribution in [0.3, 0.4) is 0 Å². The number of hydrogen-bond donors (Lipinski definition) is 1. The van der Waals surface area contributed by atoms with Gasteiger partial charge in [0, 0.05) is 23.9 Å². The van der Waals surface area contributed by atoms with Crippen LogP contribution in [0.15, 0.2) is 53.4 Å². The minimum atomic E-state index is -0.225. The molecule has 1 heterocycles. The highest BCUT2D eigenvalue weighted by Gasteiger charge is 2.41. The third kappa shape index (κ3) is 4.10. The molecule has 132 valence electrons. The summed E-state index contributed by atoms with van der Waals surface area (Å²) in [6.45, 7) is 2.25. The number of phenolic OH excluding ortho intramolecular Hbond substituents is 1. The molecule has 0 unspecified atom stereocenters. The van der Waals surface area contributed by atoms with Crippen LogP contribution < -0.4 is 4.74 Å². The summed E-state index contributed by atoms with van der Waals surface area (Å²) < 4.78 is 19.0. The minimum absolute atomic E-state index is 0.225. The Morgan fingerprint density at radius 3 is 2.28 bits per heavy atom. The zero-order chi connectivity index (χ0) is 17.2. The summed E-state index contributed by atoms with van der Waals surface area (Å²) in [5.41, 5.74) is 0. The number of thioether (sulfide) groups is 1. The van der Waals surface area contributed by atoms with Gasteiger partial charge in [-0.3, -0.25) is 4.90 Å². The summed E-state index contributed by atoms with van der Waals surface area (Å²) in [6.07, 6.45) is 2.43. The van der Waals surface area contributed by atoms with Crippen LogP contribution in [-0.4, -0.2) is 35.1 Å². The monoisotopic (exact) mass is 359 g/mol. The first kappa shape index (κ1) is 16.7. The maximum absolute atomic E-state index is 13.0. The van der Waals surface area contributed by atoms with Crippen LogP contribution in [0.5, 0.6) is 11.5 Å². The van der Waals surface area contributed by atoms with Crippen molar-refractivity contribution >= 4 is 11.8 Å². The molecule has 0 radical (unpaired) electrons. The van der Waals surface area contributed by atoms with Crippen molar-refractivity contribution in [2.75, 3.05) is 19.0 Å². The number of hydrogen-bond acceptors (Lipinski definition) is 4. The van der Waals surface area contributed by atoms with E-state index < -0.39 is 0 Å². The number of rotatable bonds is 5. The summed E-state index contributed by atoms with van der Waals surface area (Å²) in [5, 5.41) is 9.34. The van der Waals surface area contributed by atoms with Crippen LogP contribution in [0, 0.1) is 17.7 Å². The number of ether oxygens (including phenoxy) is 1. The molecule has 25 heavy (non-hydrogen) atoms. The number of fused-ring (bicyclic) bond motifs is 1. The first-order valence-corrected chi connectivity index (χ1v) is 9.71. The van der Waals surface area contributed by atoms with Crippen molar-refractivity contribution < 1.29 is 14.2 Å². The van der Waals surface area contributed by atoms with Crippen LogP contribution in [0.1, 0.15) is 12.8 Å². The lowest BCUT2D eigenvalue weighted by Gasteiger charge is -2.19. The average molecular weight is 359 g/mol. The second kappa shape index (κ2) is 7.26. The molecule has 1 aliphatic heterocycles. The van der Waals surface area contributed by atoms with Gasteiger partial charge in [-0.25, -0.2) is 4.39 Å². The lowest BCUT2D eigenvalue weighted by molar-refractivity contribution is 0.189. The minimum Gasteiger partial charge on any atom is -0.508 e. The summed E-state index contributed by atoms with van der Waals surface area (Å²) in [5.74, 6) is 3.24. The van der Waals surface area contributed by atoms with Crippen LogP contribution in [0.25, 0.3) is 0 Å². The van der Waals surface area contributed by atoms with E-state index in [-0.39, 0.29) is 11.9 Å². The fourth-order valence-electron chi connectivity index (χ4n) is 3.96. The number of halogens is 1. The van der Waals surface area contributed by atoms with Crippen molar-refractivity contribution in [3.05, 3.63) is 54.3 Å². The van der Waals surface area contributed by atoms with Gasteiger partial charge in [0.05, 0.1) is 6.10 Å². The third-order valence-electron chi connectivity index (χ3n) is 5.15. The molecule has 1 aliphatic carbocycles. The summed E-state index contributed by atoms with van der Waals surface area (Å²) in [4.78, 5) is 3.70. The zero-order valence-corrected chi connectivity index (χ0v) is 14.8. The molecule has 4 rings (SSSR count). The molecule has 0 bridgehead atoms. The van der Waals surface area contributed by atoms with Crippen molar-refractivity contribution in [3.8, 4) is 11.5 Å². The van der Waals surface area contributed by atoms with Crippen molar-refractivity contribution in [2.45, 2.75) is 23.8 Å². The lowest BCUT2D eigenvalue weighted by atomic mass is 10.0. The molecule has 0 aromatic heterocycles. The Kier molecular flexibility index (Phi) is 4.86. The van der Waals surface area contributed by atoms with Gasteiger partial charge in [-0.15, -0.1) is 11.8 Å².